The molecule has 90 valence electrons. The predicted octanol–water partition coefficient (Wildman–Crippen LogP) is 2.02. The van der Waals surface area contributed by atoms with Gasteiger partial charge in [-0.25, -0.2) is 0 Å². The van der Waals surface area contributed by atoms with Crippen molar-refractivity contribution in [2.45, 2.75) is 33.2 Å². The van der Waals surface area contributed by atoms with E-state index in [9.17, 15) is 4.79 Å². The summed E-state index contributed by atoms with van der Waals surface area (Å²) in [5.74, 6) is 0.125. The third-order valence-corrected chi connectivity index (χ3v) is 3.06. The second-order valence-corrected chi connectivity index (χ2v) is 4.49. The Morgan fingerprint density at radius 3 is 2.75 bits per heavy atom. The van der Waals surface area contributed by atoms with Crippen molar-refractivity contribution in [3.8, 4) is 0 Å². The number of nitrogens with zero attached hydrogens (tertiary/aromatic N) is 2. The zero-order valence-electron chi connectivity index (χ0n) is 10.8. The SMILES string of the molecule is C=C1CN(C)C(C)CN1/C(=C\CC)C(C)=O. The van der Waals surface area contributed by atoms with Gasteiger partial charge in [0.2, 0.25) is 0 Å². The molecule has 0 bridgehead atoms. The van der Waals surface area contributed by atoms with Crippen LogP contribution in [0.4, 0.5) is 0 Å². The highest BCUT2D eigenvalue weighted by molar-refractivity contribution is 5.93. The van der Waals surface area contributed by atoms with Gasteiger partial charge < -0.3 is 4.90 Å². The van der Waals surface area contributed by atoms with E-state index < -0.39 is 0 Å². The molecule has 1 aliphatic heterocycles. The van der Waals surface area contributed by atoms with Crippen LogP contribution in [0, 0.1) is 0 Å². The van der Waals surface area contributed by atoms with Crippen LogP contribution in [0.15, 0.2) is 24.0 Å². The lowest BCUT2D eigenvalue weighted by atomic mass is 10.1. The van der Waals surface area contributed by atoms with Crippen LogP contribution in [0.3, 0.4) is 0 Å². The molecule has 1 atom stereocenters. The van der Waals surface area contributed by atoms with Crippen LogP contribution in [-0.2, 0) is 4.79 Å². The third kappa shape index (κ3) is 2.73. The van der Waals surface area contributed by atoms with Gasteiger partial charge in [0.15, 0.2) is 5.78 Å². The van der Waals surface area contributed by atoms with Gasteiger partial charge in [0, 0.05) is 31.8 Å². The van der Waals surface area contributed by atoms with E-state index in [-0.39, 0.29) is 5.78 Å². The number of allylic oxidation sites excluding steroid dienone is 2. The third-order valence-electron chi connectivity index (χ3n) is 3.06. The molecule has 0 aromatic carbocycles. The van der Waals surface area contributed by atoms with E-state index in [2.05, 4.69) is 30.4 Å². The van der Waals surface area contributed by atoms with Crippen molar-refractivity contribution < 1.29 is 4.79 Å². The van der Waals surface area contributed by atoms with E-state index in [0.717, 1.165) is 30.9 Å². The molecule has 0 radical (unpaired) electrons. The van der Waals surface area contributed by atoms with E-state index in [1.54, 1.807) is 6.92 Å². The summed E-state index contributed by atoms with van der Waals surface area (Å²) in [5.41, 5.74) is 1.81. The molecule has 0 spiro atoms. The minimum Gasteiger partial charge on any atom is -0.340 e. The zero-order chi connectivity index (χ0) is 12.3. The largest absolute Gasteiger partial charge is 0.340 e. The second-order valence-electron chi connectivity index (χ2n) is 4.49. The maximum Gasteiger partial charge on any atom is 0.175 e. The Bertz CT molecular complexity index is 320. The monoisotopic (exact) mass is 222 g/mol. The standard InChI is InChI=1S/C13H22N2O/c1-6-7-13(12(4)16)15-9-10(2)14(5)8-11(15)3/h7,10H,3,6,8-9H2,1-2,4-5H3/b13-7-. The van der Waals surface area contributed by atoms with Crippen molar-refractivity contribution in [2.75, 3.05) is 20.1 Å². The van der Waals surface area contributed by atoms with E-state index in [4.69, 9.17) is 0 Å². The van der Waals surface area contributed by atoms with Crippen molar-refractivity contribution >= 4 is 5.78 Å². The number of Topliss-reactive ketones (excluding diaryl/α,β-unsaturated/α-hetero) is 1. The summed E-state index contributed by atoms with van der Waals surface area (Å²) >= 11 is 0. The Morgan fingerprint density at radius 2 is 2.25 bits per heavy atom. The van der Waals surface area contributed by atoms with Gasteiger partial charge in [0.25, 0.3) is 0 Å². The predicted molar refractivity (Wildman–Crippen MR) is 67.0 cm³/mol. The van der Waals surface area contributed by atoms with Crippen molar-refractivity contribution in [1.29, 1.82) is 0 Å². The van der Waals surface area contributed by atoms with Crippen LogP contribution < -0.4 is 0 Å². The van der Waals surface area contributed by atoms with E-state index in [0.29, 0.717) is 6.04 Å². The average molecular weight is 222 g/mol. The molecule has 1 saturated heterocycles. The molecule has 3 heteroatoms. The van der Waals surface area contributed by atoms with Crippen LogP contribution >= 0.6 is 0 Å². The minimum absolute atomic E-state index is 0.125. The number of rotatable bonds is 3. The van der Waals surface area contributed by atoms with Gasteiger partial charge in [-0.15, -0.1) is 0 Å². The molecule has 1 unspecified atom stereocenters. The average Bonchev–Trinajstić information content (AvgIpc) is 2.20. The van der Waals surface area contributed by atoms with Gasteiger partial charge >= 0.3 is 0 Å². The summed E-state index contributed by atoms with van der Waals surface area (Å²) in [5, 5.41) is 0. The molecular formula is C13H22N2O. The number of carbonyl (C=O) groups is 1. The fourth-order valence-corrected chi connectivity index (χ4v) is 1.97. The van der Waals surface area contributed by atoms with Gasteiger partial charge in [-0.3, -0.25) is 9.69 Å². The number of hydrogen-bond donors (Lipinski definition) is 0. The van der Waals surface area contributed by atoms with Crippen molar-refractivity contribution in [3.05, 3.63) is 24.0 Å². The number of piperazine rings is 1. The summed E-state index contributed by atoms with van der Waals surface area (Å²) in [6, 6.07) is 0.449. The summed E-state index contributed by atoms with van der Waals surface area (Å²) in [6.45, 7) is 11.6. The van der Waals surface area contributed by atoms with Gasteiger partial charge in [-0.1, -0.05) is 19.6 Å². The van der Waals surface area contributed by atoms with Crippen molar-refractivity contribution in [2.24, 2.45) is 0 Å². The molecule has 16 heavy (non-hydrogen) atoms. The lowest BCUT2D eigenvalue weighted by molar-refractivity contribution is -0.115. The fraction of sp³-hybridized carbons (Fsp3) is 0.615. The number of ketones is 1. The Labute approximate surface area is 98.4 Å². The molecule has 0 aromatic rings. The van der Waals surface area contributed by atoms with E-state index in [1.807, 2.05) is 13.0 Å². The van der Waals surface area contributed by atoms with E-state index in [1.165, 1.54) is 0 Å². The Hall–Kier alpha value is -1.09. The van der Waals surface area contributed by atoms with Gasteiger partial charge in [-0.2, -0.15) is 0 Å². The van der Waals surface area contributed by atoms with Gasteiger partial charge in [-0.05, 0) is 20.4 Å². The van der Waals surface area contributed by atoms with Crippen LogP contribution in [0.2, 0.25) is 0 Å². The van der Waals surface area contributed by atoms with E-state index >= 15 is 0 Å². The Kier molecular flexibility index (Phi) is 4.30. The first-order chi connectivity index (χ1) is 7.47. The minimum atomic E-state index is 0.125. The second kappa shape index (κ2) is 5.30. The maximum atomic E-state index is 11.6. The molecule has 1 fully saturated rings. The number of hydrogen-bond acceptors (Lipinski definition) is 3. The molecule has 1 heterocycles. The van der Waals surface area contributed by atoms with Crippen molar-refractivity contribution in [1.82, 2.24) is 9.80 Å². The topological polar surface area (TPSA) is 23.6 Å². The summed E-state index contributed by atoms with van der Waals surface area (Å²) in [7, 11) is 2.09. The van der Waals surface area contributed by atoms with Crippen LogP contribution in [0.1, 0.15) is 27.2 Å². The first kappa shape index (κ1) is 13.0. The lowest BCUT2D eigenvalue weighted by Gasteiger charge is -2.41. The van der Waals surface area contributed by atoms with Gasteiger partial charge in [0.1, 0.15) is 0 Å². The van der Waals surface area contributed by atoms with Gasteiger partial charge in [0.05, 0.1) is 5.70 Å². The smallest absolute Gasteiger partial charge is 0.175 e. The molecular weight excluding hydrogens is 200 g/mol. The Morgan fingerprint density at radius 1 is 1.62 bits per heavy atom. The summed E-state index contributed by atoms with van der Waals surface area (Å²) < 4.78 is 0. The first-order valence-corrected chi connectivity index (χ1v) is 5.84. The highest BCUT2D eigenvalue weighted by Crippen LogP contribution is 2.21. The first-order valence-electron chi connectivity index (χ1n) is 5.84. The maximum absolute atomic E-state index is 11.6. The number of likely N-dealkylation sites (N-methyl/N-ethyl adjacent to an activating group) is 1. The number of carbonyl (C=O) groups excluding carboxylic acids is 1. The zero-order valence-corrected chi connectivity index (χ0v) is 10.8. The van der Waals surface area contributed by atoms with Crippen LogP contribution in [0.25, 0.3) is 0 Å². The highest BCUT2D eigenvalue weighted by atomic mass is 16.1. The molecule has 0 aliphatic carbocycles. The Balaban J connectivity index is 2.89. The molecule has 3 nitrogen and oxygen atoms in total. The molecule has 0 amide bonds. The normalized spacial score (nSPS) is 23.8. The highest BCUT2D eigenvalue weighted by Gasteiger charge is 2.26. The molecule has 0 aromatic heterocycles. The van der Waals surface area contributed by atoms with Crippen LogP contribution in [-0.4, -0.2) is 41.8 Å². The summed E-state index contributed by atoms with van der Waals surface area (Å²) in [4.78, 5) is 15.9. The molecule has 1 rings (SSSR count). The summed E-state index contributed by atoms with van der Waals surface area (Å²) in [6.07, 6.45) is 2.87. The molecule has 1 aliphatic rings. The lowest BCUT2D eigenvalue weighted by Crippen LogP contribution is -2.48. The fourth-order valence-electron chi connectivity index (χ4n) is 1.97. The molecule has 0 saturated carbocycles. The quantitative estimate of drug-likeness (QED) is 0.683. The van der Waals surface area contributed by atoms with Crippen molar-refractivity contribution in [3.63, 3.8) is 0 Å². The van der Waals surface area contributed by atoms with Crippen LogP contribution in [0.5, 0.6) is 0 Å². The molecule has 0 N–H and O–H groups in total.